The second kappa shape index (κ2) is 2.21. The molecule has 0 unspecified atom stereocenters. The lowest BCUT2D eigenvalue weighted by molar-refractivity contribution is -0.159. The Balaban J connectivity index is 2.23. The average molecular weight is 178 g/mol. The Kier molecular flexibility index (Phi) is 1.39. The zero-order valence-corrected chi connectivity index (χ0v) is 5.93. The number of rotatable bonds is 1. The minimum atomic E-state index is -4.51. The monoisotopic (exact) mass is 178 g/mol. The topological polar surface area (TPSA) is 38.9 Å². The molecule has 0 bridgehead atoms. The first-order valence-electron chi connectivity index (χ1n) is 3.48. The van der Waals surface area contributed by atoms with Crippen LogP contribution in [-0.4, -0.2) is 10.1 Å². The molecule has 0 saturated heterocycles. The molecule has 1 heterocycles. The van der Waals surface area contributed by atoms with Crippen molar-refractivity contribution >= 4 is 0 Å². The van der Waals surface area contributed by atoms with Crippen LogP contribution in [0.1, 0.15) is 30.5 Å². The van der Waals surface area contributed by atoms with Gasteiger partial charge in [-0.15, -0.1) is 0 Å². The summed E-state index contributed by atoms with van der Waals surface area (Å²) in [5.74, 6) is -0.975. The van der Waals surface area contributed by atoms with E-state index in [0.717, 1.165) is 12.8 Å². The Hall–Kier alpha value is -1.07. The summed E-state index contributed by atoms with van der Waals surface area (Å²) in [6.45, 7) is 0. The summed E-state index contributed by atoms with van der Waals surface area (Å²) in [6, 6.07) is 0. The Morgan fingerprint density at radius 1 is 1.33 bits per heavy atom. The average Bonchev–Trinajstić information content (AvgIpc) is 2.66. The number of halogens is 3. The maximum Gasteiger partial charge on any atom is 0.471 e. The predicted octanol–water partition coefficient (Wildman–Crippen LogP) is 1.97. The van der Waals surface area contributed by atoms with E-state index in [4.69, 9.17) is 0 Å². The summed E-state index contributed by atoms with van der Waals surface area (Å²) >= 11 is 0. The van der Waals surface area contributed by atoms with Gasteiger partial charge in [-0.1, -0.05) is 5.16 Å². The smallest absolute Gasteiger partial charge is 0.329 e. The Labute approximate surface area is 65.6 Å². The quantitative estimate of drug-likeness (QED) is 0.659. The van der Waals surface area contributed by atoms with E-state index in [-0.39, 0.29) is 11.7 Å². The molecule has 1 aliphatic carbocycles. The van der Waals surface area contributed by atoms with Crippen LogP contribution in [0.3, 0.4) is 0 Å². The van der Waals surface area contributed by atoms with Crippen LogP contribution in [0.4, 0.5) is 13.2 Å². The van der Waals surface area contributed by atoms with Crippen molar-refractivity contribution in [3.05, 3.63) is 11.7 Å². The van der Waals surface area contributed by atoms with E-state index in [1.165, 1.54) is 0 Å². The highest BCUT2D eigenvalue weighted by atomic mass is 19.4. The van der Waals surface area contributed by atoms with Gasteiger partial charge in [-0.2, -0.15) is 18.2 Å². The molecule has 12 heavy (non-hydrogen) atoms. The van der Waals surface area contributed by atoms with Crippen molar-refractivity contribution in [1.82, 2.24) is 10.1 Å². The van der Waals surface area contributed by atoms with Gasteiger partial charge < -0.3 is 4.52 Å². The highest BCUT2D eigenvalue weighted by molar-refractivity contribution is 5.04. The lowest BCUT2D eigenvalue weighted by Crippen LogP contribution is -2.05. The van der Waals surface area contributed by atoms with E-state index in [1.807, 2.05) is 0 Å². The Morgan fingerprint density at radius 3 is 2.42 bits per heavy atom. The van der Waals surface area contributed by atoms with Crippen LogP contribution in [0, 0.1) is 0 Å². The Morgan fingerprint density at radius 2 is 2.00 bits per heavy atom. The maximum atomic E-state index is 11.9. The molecule has 2 rings (SSSR count). The van der Waals surface area contributed by atoms with Crippen molar-refractivity contribution in [2.45, 2.75) is 24.9 Å². The standard InChI is InChI=1S/C6H5F3N2O/c7-6(8,9)5-10-4(11-12-5)3-1-2-3/h3H,1-2H2. The van der Waals surface area contributed by atoms with Crippen molar-refractivity contribution in [3.8, 4) is 0 Å². The lowest BCUT2D eigenvalue weighted by Gasteiger charge is -1.95. The van der Waals surface area contributed by atoms with Crippen molar-refractivity contribution in [3.63, 3.8) is 0 Å². The molecule has 66 valence electrons. The molecule has 1 saturated carbocycles. The summed E-state index contributed by atoms with van der Waals surface area (Å²) in [5, 5.41) is 3.24. The molecule has 0 amide bonds. The molecule has 1 fully saturated rings. The first-order valence-corrected chi connectivity index (χ1v) is 3.48. The highest BCUT2D eigenvalue weighted by Crippen LogP contribution is 2.39. The van der Waals surface area contributed by atoms with E-state index in [2.05, 4.69) is 14.7 Å². The summed E-state index contributed by atoms with van der Waals surface area (Å²) in [5.41, 5.74) is 0. The molecule has 1 aromatic rings. The fourth-order valence-corrected chi connectivity index (χ4v) is 0.857. The number of hydrogen-bond acceptors (Lipinski definition) is 3. The van der Waals surface area contributed by atoms with Crippen LogP contribution in [0.25, 0.3) is 0 Å². The Bertz CT molecular complexity index is 289. The van der Waals surface area contributed by atoms with E-state index < -0.39 is 12.1 Å². The first kappa shape index (κ1) is 7.57. The third kappa shape index (κ3) is 1.28. The van der Waals surface area contributed by atoms with Gasteiger partial charge in [0.05, 0.1) is 0 Å². The lowest BCUT2D eigenvalue weighted by atomic mass is 10.4. The van der Waals surface area contributed by atoms with Crippen LogP contribution in [0.15, 0.2) is 4.52 Å². The molecular weight excluding hydrogens is 173 g/mol. The molecule has 3 nitrogen and oxygen atoms in total. The summed E-state index contributed by atoms with van der Waals surface area (Å²) in [6.07, 6.45) is -2.80. The molecule has 0 N–H and O–H groups in total. The van der Waals surface area contributed by atoms with Gasteiger partial charge in [0.25, 0.3) is 0 Å². The van der Waals surface area contributed by atoms with E-state index in [0.29, 0.717) is 0 Å². The number of alkyl halides is 3. The fourth-order valence-electron chi connectivity index (χ4n) is 0.857. The largest absolute Gasteiger partial charge is 0.471 e. The van der Waals surface area contributed by atoms with Crippen molar-refractivity contribution in [2.75, 3.05) is 0 Å². The van der Waals surface area contributed by atoms with Gasteiger partial charge in [-0.3, -0.25) is 0 Å². The van der Waals surface area contributed by atoms with Crippen LogP contribution >= 0.6 is 0 Å². The highest BCUT2D eigenvalue weighted by Gasteiger charge is 2.40. The van der Waals surface area contributed by atoms with Gasteiger partial charge >= 0.3 is 12.1 Å². The number of hydrogen-bond donors (Lipinski definition) is 0. The van der Waals surface area contributed by atoms with Gasteiger partial charge in [0.1, 0.15) is 0 Å². The van der Waals surface area contributed by atoms with Crippen LogP contribution in [0.5, 0.6) is 0 Å². The second-order valence-electron chi connectivity index (χ2n) is 2.73. The first-order chi connectivity index (χ1) is 5.57. The SMILES string of the molecule is FC(F)(F)c1nc(C2CC2)no1. The van der Waals surface area contributed by atoms with Crippen LogP contribution < -0.4 is 0 Å². The fraction of sp³-hybridized carbons (Fsp3) is 0.667. The number of aromatic nitrogens is 2. The van der Waals surface area contributed by atoms with E-state index in [1.54, 1.807) is 0 Å². The molecule has 0 atom stereocenters. The van der Waals surface area contributed by atoms with Crippen LogP contribution in [-0.2, 0) is 6.18 Å². The molecule has 1 aromatic heterocycles. The second-order valence-corrected chi connectivity index (χ2v) is 2.73. The molecule has 6 heteroatoms. The molecule has 0 spiro atoms. The molecule has 0 aliphatic heterocycles. The predicted molar refractivity (Wildman–Crippen MR) is 31.3 cm³/mol. The third-order valence-electron chi connectivity index (χ3n) is 1.63. The molecule has 1 aliphatic rings. The summed E-state index contributed by atoms with van der Waals surface area (Å²) < 4.78 is 39.7. The van der Waals surface area contributed by atoms with E-state index in [9.17, 15) is 13.2 Å². The van der Waals surface area contributed by atoms with Gasteiger partial charge in [-0.05, 0) is 12.8 Å². The van der Waals surface area contributed by atoms with Gasteiger partial charge in [0.2, 0.25) is 0 Å². The van der Waals surface area contributed by atoms with Gasteiger partial charge in [0, 0.05) is 5.92 Å². The third-order valence-corrected chi connectivity index (χ3v) is 1.63. The van der Waals surface area contributed by atoms with Crippen molar-refractivity contribution in [1.29, 1.82) is 0 Å². The summed E-state index contributed by atoms with van der Waals surface area (Å²) in [4.78, 5) is 3.24. The molecular formula is C6H5F3N2O. The van der Waals surface area contributed by atoms with Crippen molar-refractivity contribution in [2.24, 2.45) is 0 Å². The van der Waals surface area contributed by atoms with Gasteiger partial charge in [-0.25, -0.2) is 0 Å². The minimum Gasteiger partial charge on any atom is -0.329 e. The van der Waals surface area contributed by atoms with Crippen molar-refractivity contribution < 1.29 is 17.7 Å². The van der Waals surface area contributed by atoms with Crippen LogP contribution in [0.2, 0.25) is 0 Å². The zero-order chi connectivity index (χ0) is 8.77. The maximum absolute atomic E-state index is 11.9. The molecule has 0 aromatic carbocycles. The normalized spacial score (nSPS) is 18.2. The number of nitrogens with zero attached hydrogens (tertiary/aromatic N) is 2. The minimum absolute atomic E-state index is 0.0878. The van der Waals surface area contributed by atoms with Gasteiger partial charge in [0.15, 0.2) is 5.82 Å². The molecule has 0 radical (unpaired) electrons. The summed E-state index contributed by atoms with van der Waals surface area (Å²) in [7, 11) is 0. The van der Waals surface area contributed by atoms with E-state index >= 15 is 0 Å². The zero-order valence-electron chi connectivity index (χ0n) is 5.93.